The third kappa shape index (κ3) is 4.35. The average molecular weight is 426 g/mol. The molecule has 1 fully saturated rings. The van der Waals surface area contributed by atoms with Crippen LogP contribution in [0.3, 0.4) is 0 Å². The smallest absolute Gasteiger partial charge is 0.261 e. The summed E-state index contributed by atoms with van der Waals surface area (Å²) in [5, 5.41) is 10.8. The van der Waals surface area contributed by atoms with E-state index < -0.39 is 10.0 Å². The molecule has 0 unspecified atom stereocenters. The molecular formula is C21H23N5O3S. The standard InChI is InChI=1S/C21H23N5O3S/c1-14-3-6-16(7-4-14)25-30(28,29)18-10-5-15(2)19(11-18)21(27)22-12-20-24-23-13-26(20)17-8-9-17/h3-7,10-11,13,17,25H,8-9,12H2,1-2H3,(H,22,27). The summed E-state index contributed by atoms with van der Waals surface area (Å²) in [6, 6.07) is 12.0. The van der Waals surface area contributed by atoms with E-state index in [4.69, 9.17) is 0 Å². The molecule has 2 aromatic carbocycles. The van der Waals surface area contributed by atoms with Crippen LogP contribution in [0.2, 0.25) is 0 Å². The van der Waals surface area contributed by atoms with E-state index in [0.29, 0.717) is 28.7 Å². The lowest BCUT2D eigenvalue weighted by atomic mass is 10.1. The predicted octanol–water partition coefficient (Wildman–Crippen LogP) is 2.96. The Balaban J connectivity index is 1.51. The van der Waals surface area contributed by atoms with Gasteiger partial charge in [-0.1, -0.05) is 23.8 Å². The summed E-state index contributed by atoms with van der Waals surface area (Å²) in [6.45, 7) is 3.93. The molecule has 156 valence electrons. The Labute approximate surface area is 175 Å². The highest BCUT2D eigenvalue weighted by atomic mass is 32.2. The van der Waals surface area contributed by atoms with Gasteiger partial charge >= 0.3 is 0 Å². The number of aryl methyl sites for hydroxylation is 2. The van der Waals surface area contributed by atoms with E-state index in [1.807, 2.05) is 23.6 Å². The van der Waals surface area contributed by atoms with E-state index in [1.165, 1.54) is 12.1 Å². The molecule has 0 aliphatic heterocycles. The molecule has 0 atom stereocenters. The van der Waals surface area contributed by atoms with Crippen molar-refractivity contribution in [1.82, 2.24) is 20.1 Å². The van der Waals surface area contributed by atoms with E-state index in [0.717, 1.165) is 18.4 Å². The fourth-order valence-electron chi connectivity index (χ4n) is 3.15. The fraction of sp³-hybridized carbons (Fsp3) is 0.286. The molecule has 0 saturated heterocycles. The number of carbonyl (C=O) groups is 1. The van der Waals surface area contributed by atoms with Crippen LogP contribution in [0.1, 0.15) is 46.2 Å². The maximum atomic E-state index is 12.8. The number of anilines is 1. The van der Waals surface area contributed by atoms with Gasteiger partial charge in [0.1, 0.15) is 6.33 Å². The molecule has 1 aliphatic carbocycles. The van der Waals surface area contributed by atoms with Gasteiger partial charge in [-0.15, -0.1) is 10.2 Å². The second-order valence-corrected chi connectivity index (χ2v) is 9.20. The summed E-state index contributed by atoms with van der Waals surface area (Å²) in [4.78, 5) is 12.8. The molecule has 0 spiro atoms. The van der Waals surface area contributed by atoms with Crippen LogP contribution >= 0.6 is 0 Å². The van der Waals surface area contributed by atoms with Crippen LogP contribution in [0.25, 0.3) is 0 Å². The Morgan fingerprint density at radius 1 is 1.13 bits per heavy atom. The van der Waals surface area contributed by atoms with Crippen molar-refractivity contribution in [2.45, 2.75) is 44.2 Å². The van der Waals surface area contributed by atoms with Crippen LogP contribution in [0.4, 0.5) is 5.69 Å². The van der Waals surface area contributed by atoms with E-state index in [9.17, 15) is 13.2 Å². The van der Waals surface area contributed by atoms with Crippen LogP contribution in [0, 0.1) is 13.8 Å². The second kappa shape index (κ2) is 7.91. The Morgan fingerprint density at radius 2 is 1.87 bits per heavy atom. The maximum absolute atomic E-state index is 12.8. The van der Waals surface area contributed by atoms with Gasteiger partial charge in [0.2, 0.25) is 0 Å². The van der Waals surface area contributed by atoms with Crippen molar-refractivity contribution < 1.29 is 13.2 Å². The first-order valence-electron chi connectivity index (χ1n) is 9.70. The summed E-state index contributed by atoms with van der Waals surface area (Å²) in [5.74, 6) is 0.332. The largest absolute Gasteiger partial charge is 0.345 e. The number of benzene rings is 2. The third-order valence-corrected chi connectivity index (χ3v) is 6.44. The highest BCUT2D eigenvalue weighted by Crippen LogP contribution is 2.35. The van der Waals surface area contributed by atoms with Gasteiger partial charge in [0.15, 0.2) is 5.82 Å². The van der Waals surface area contributed by atoms with Crippen LogP contribution in [-0.4, -0.2) is 29.1 Å². The number of sulfonamides is 1. The van der Waals surface area contributed by atoms with Gasteiger partial charge < -0.3 is 9.88 Å². The van der Waals surface area contributed by atoms with Gasteiger partial charge in [-0.2, -0.15) is 0 Å². The third-order valence-electron chi connectivity index (χ3n) is 5.06. The minimum absolute atomic E-state index is 0.0278. The lowest BCUT2D eigenvalue weighted by Gasteiger charge is -2.12. The van der Waals surface area contributed by atoms with Crippen LogP contribution in [-0.2, 0) is 16.6 Å². The molecule has 1 heterocycles. The number of amides is 1. The summed E-state index contributed by atoms with van der Waals surface area (Å²) in [5.41, 5.74) is 2.49. The molecule has 1 amide bonds. The molecule has 0 radical (unpaired) electrons. The molecule has 3 aromatic rings. The number of hydrogen-bond acceptors (Lipinski definition) is 5. The molecule has 4 rings (SSSR count). The minimum atomic E-state index is -3.82. The molecule has 1 saturated carbocycles. The zero-order chi connectivity index (χ0) is 21.3. The summed E-state index contributed by atoms with van der Waals surface area (Å²) in [6.07, 6.45) is 3.85. The molecule has 1 aromatic heterocycles. The number of nitrogens with zero attached hydrogens (tertiary/aromatic N) is 3. The van der Waals surface area contributed by atoms with Gasteiger partial charge in [-0.05, 0) is 56.5 Å². The van der Waals surface area contributed by atoms with Gasteiger partial charge in [0.05, 0.1) is 11.4 Å². The van der Waals surface area contributed by atoms with Crippen molar-refractivity contribution in [2.75, 3.05) is 4.72 Å². The van der Waals surface area contributed by atoms with Crippen LogP contribution in [0.15, 0.2) is 53.7 Å². The topological polar surface area (TPSA) is 106 Å². The van der Waals surface area contributed by atoms with Crippen LogP contribution in [0.5, 0.6) is 0 Å². The minimum Gasteiger partial charge on any atom is -0.345 e. The van der Waals surface area contributed by atoms with Crippen molar-refractivity contribution in [1.29, 1.82) is 0 Å². The number of carbonyl (C=O) groups excluding carboxylic acids is 1. The molecule has 8 nitrogen and oxygen atoms in total. The van der Waals surface area contributed by atoms with Gasteiger partial charge in [-0.25, -0.2) is 8.42 Å². The first kappa shape index (κ1) is 20.1. The molecule has 9 heteroatoms. The Hall–Kier alpha value is -3.20. The SMILES string of the molecule is Cc1ccc(NS(=O)(=O)c2ccc(C)c(C(=O)NCc3nncn3C3CC3)c2)cc1. The zero-order valence-corrected chi connectivity index (χ0v) is 17.6. The van der Waals surface area contributed by atoms with Crippen molar-refractivity contribution >= 4 is 21.6 Å². The zero-order valence-electron chi connectivity index (χ0n) is 16.8. The lowest BCUT2D eigenvalue weighted by molar-refractivity contribution is 0.0948. The Kier molecular flexibility index (Phi) is 5.29. The second-order valence-electron chi connectivity index (χ2n) is 7.52. The van der Waals surface area contributed by atoms with Crippen molar-refractivity contribution in [3.05, 3.63) is 71.3 Å². The number of nitrogens with one attached hydrogen (secondary N) is 2. The van der Waals surface area contributed by atoms with E-state index in [1.54, 1.807) is 31.5 Å². The molecule has 0 bridgehead atoms. The maximum Gasteiger partial charge on any atom is 0.261 e. The summed E-state index contributed by atoms with van der Waals surface area (Å²) < 4.78 is 30.1. The highest BCUT2D eigenvalue weighted by molar-refractivity contribution is 7.92. The molecular weight excluding hydrogens is 402 g/mol. The quantitative estimate of drug-likeness (QED) is 0.605. The molecule has 30 heavy (non-hydrogen) atoms. The van der Waals surface area contributed by atoms with Gasteiger partial charge in [0, 0.05) is 17.3 Å². The number of hydrogen-bond donors (Lipinski definition) is 2. The molecule has 2 N–H and O–H groups in total. The summed E-state index contributed by atoms with van der Waals surface area (Å²) >= 11 is 0. The highest BCUT2D eigenvalue weighted by Gasteiger charge is 2.26. The monoisotopic (exact) mass is 425 g/mol. The van der Waals surface area contributed by atoms with Crippen molar-refractivity contribution in [3.8, 4) is 0 Å². The number of aromatic nitrogens is 3. The van der Waals surface area contributed by atoms with E-state index in [2.05, 4.69) is 20.2 Å². The number of rotatable bonds is 7. The predicted molar refractivity (Wildman–Crippen MR) is 113 cm³/mol. The first-order chi connectivity index (χ1) is 14.3. The first-order valence-corrected chi connectivity index (χ1v) is 11.2. The van der Waals surface area contributed by atoms with Crippen molar-refractivity contribution in [2.24, 2.45) is 0 Å². The van der Waals surface area contributed by atoms with E-state index >= 15 is 0 Å². The lowest BCUT2D eigenvalue weighted by Crippen LogP contribution is -2.26. The van der Waals surface area contributed by atoms with Gasteiger partial charge in [-0.3, -0.25) is 9.52 Å². The average Bonchev–Trinajstić information content (AvgIpc) is 3.45. The Bertz CT molecular complexity index is 1180. The normalized spacial score (nSPS) is 13.8. The van der Waals surface area contributed by atoms with E-state index in [-0.39, 0.29) is 17.3 Å². The fourth-order valence-corrected chi connectivity index (χ4v) is 4.24. The Morgan fingerprint density at radius 3 is 2.57 bits per heavy atom. The molecule has 1 aliphatic rings. The van der Waals surface area contributed by atoms with Crippen molar-refractivity contribution in [3.63, 3.8) is 0 Å². The summed E-state index contributed by atoms with van der Waals surface area (Å²) in [7, 11) is -3.82. The van der Waals surface area contributed by atoms with Gasteiger partial charge in [0.25, 0.3) is 15.9 Å². The van der Waals surface area contributed by atoms with Crippen LogP contribution < -0.4 is 10.0 Å².